The lowest BCUT2D eigenvalue weighted by Gasteiger charge is -2.06. The standard InChI is InChI=1S/C25H18O/c1-2-7-13-21(12-6-1)23-14-8-9-15-24(23)25-19-18-22(26-25)17-16-20-10-4-3-5-11-20/h1-12,14-19H/b17-16+. The van der Waals surface area contributed by atoms with Crippen molar-refractivity contribution in [2.75, 3.05) is 0 Å². The fourth-order valence-corrected chi connectivity index (χ4v) is 2.89. The van der Waals surface area contributed by atoms with Crippen LogP contribution in [0.2, 0.25) is 0 Å². The van der Waals surface area contributed by atoms with Crippen LogP contribution in [0.4, 0.5) is 0 Å². The predicted octanol–water partition coefficient (Wildman–Crippen LogP) is 6.78. The molecule has 26 heavy (non-hydrogen) atoms. The molecule has 0 radical (unpaired) electrons. The van der Waals surface area contributed by atoms with Gasteiger partial charge < -0.3 is 4.42 Å². The third-order valence-electron chi connectivity index (χ3n) is 4.17. The Hall–Kier alpha value is -3.54. The molecule has 0 amide bonds. The smallest absolute Gasteiger partial charge is 0.135 e. The topological polar surface area (TPSA) is 13.1 Å². The maximum atomic E-state index is 6.08. The number of benzene rings is 2. The summed E-state index contributed by atoms with van der Waals surface area (Å²) in [6.45, 7) is 0. The summed E-state index contributed by atoms with van der Waals surface area (Å²) in [6, 6.07) is 22.5. The fraction of sp³-hybridized carbons (Fsp3) is 0. The van der Waals surface area contributed by atoms with Crippen LogP contribution in [0.1, 0.15) is 16.9 Å². The van der Waals surface area contributed by atoms with Crippen LogP contribution >= 0.6 is 0 Å². The van der Waals surface area contributed by atoms with Crippen LogP contribution in [0.25, 0.3) is 29.0 Å². The first-order valence-corrected chi connectivity index (χ1v) is 8.63. The number of furan rings is 1. The maximum Gasteiger partial charge on any atom is 0.135 e. The molecular formula is C25H18O. The van der Waals surface area contributed by atoms with Gasteiger partial charge in [0.2, 0.25) is 0 Å². The number of rotatable bonds is 4. The summed E-state index contributed by atoms with van der Waals surface area (Å²) in [5.41, 5.74) is 7.69. The third kappa shape index (κ3) is 3.59. The molecule has 0 unspecified atom stereocenters. The van der Waals surface area contributed by atoms with E-state index in [1.54, 1.807) is 0 Å². The van der Waals surface area contributed by atoms with E-state index in [0.29, 0.717) is 0 Å². The SMILES string of the molecule is C1=CC=CC=CC=1c1ccccc1-c1ccc(/C=C/c2ccccc2)o1. The van der Waals surface area contributed by atoms with Crippen molar-refractivity contribution in [1.29, 1.82) is 0 Å². The van der Waals surface area contributed by atoms with E-state index in [1.807, 2.05) is 72.8 Å². The molecule has 0 bridgehead atoms. The van der Waals surface area contributed by atoms with E-state index in [4.69, 9.17) is 4.42 Å². The summed E-state index contributed by atoms with van der Waals surface area (Å²) in [5.74, 6) is 1.69. The highest BCUT2D eigenvalue weighted by atomic mass is 16.3. The second-order valence-electron chi connectivity index (χ2n) is 5.96. The number of hydrogen-bond donors (Lipinski definition) is 0. The summed E-state index contributed by atoms with van der Waals surface area (Å²) in [4.78, 5) is 0. The highest BCUT2D eigenvalue weighted by Gasteiger charge is 2.10. The minimum atomic E-state index is 0.834. The minimum absolute atomic E-state index is 0.834. The van der Waals surface area contributed by atoms with Gasteiger partial charge in [-0.2, -0.15) is 0 Å². The van der Waals surface area contributed by atoms with Crippen molar-refractivity contribution in [2.24, 2.45) is 0 Å². The van der Waals surface area contributed by atoms with E-state index in [2.05, 4.69) is 42.1 Å². The summed E-state index contributed by atoms with van der Waals surface area (Å²) in [5, 5.41) is 0. The van der Waals surface area contributed by atoms with Gasteiger partial charge in [-0.1, -0.05) is 78.9 Å². The van der Waals surface area contributed by atoms with Crippen molar-refractivity contribution in [2.45, 2.75) is 0 Å². The predicted molar refractivity (Wildman–Crippen MR) is 109 cm³/mol. The Bertz CT molecular complexity index is 1050. The highest BCUT2D eigenvalue weighted by molar-refractivity contribution is 5.84. The molecule has 124 valence electrons. The van der Waals surface area contributed by atoms with Crippen LogP contribution < -0.4 is 0 Å². The highest BCUT2D eigenvalue weighted by Crippen LogP contribution is 2.31. The van der Waals surface area contributed by atoms with Gasteiger partial charge in [0.25, 0.3) is 0 Å². The summed E-state index contributed by atoms with van der Waals surface area (Å²) < 4.78 is 6.08. The van der Waals surface area contributed by atoms with Crippen LogP contribution in [0.5, 0.6) is 0 Å². The molecule has 0 saturated carbocycles. The summed E-state index contributed by atoms with van der Waals surface area (Å²) in [7, 11) is 0. The van der Waals surface area contributed by atoms with E-state index >= 15 is 0 Å². The monoisotopic (exact) mass is 334 g/mol. The zero-order chi connectivity index (χ0) is 17.6. The lowest BCUT2D eigenvalue weighted by Crippen LogP contribution is -1.85. The van der Waals surface area contributed by atoms with E-state index in [9.17, 15) is 0 Å². The first-order chi connectivity index (χ1) is 12.9. The van der Waals surface area contributed by atoms with Crippen molar-refractivity contribution in [3.8, 4) is 11.3 Å². The molecule has 0 fully saturated rings. The van der Waals surface area contributed by atoms with Gasteiger partial charge >= 0.3 is 0 Å². The molecule has 0 N–H and O–H groups in total. The van der Waals surface area contributed by atoms with Gasteiger partial charge in [-0.15, -0.1) is 5.73 Å². The lowest BCUT2D eigenvalue weighted by molar-refractivity contribution is 0.572. The van der Waals surface area contributed by atoms with E-state index < -0.39 is 0 Å². The number of allylic oxidation sites excluding steroid dienone is 5. The van der Waals surface area contributed by atoms with Gasteiger partial charge in [-0.25, -0.2) is 0 Å². The Balaban J connectivity index is 1.67. The summed E-state index contributed by atoms with van der Waals surface area (Å²) in [6.07, 6.45) is 14.1. The average molecular weight is 334 g/mol. The largest absolute Gasteiger partial charge is 0.457 e. The van der Waals surface area contributed by atoms with Crippen LogP contribution in [-0.2, 0) is 0 Å². The normalized spacial score (nSPS) is 13.2. The van der Waals surface area contributed by atoms with Gasteiger partial charge in [0.15, 0.2) is 0 Å². The van der Waals surface area contributed by atoms with Crippen molar-refractivity contribution in [3.05, 3.63) is 120 Å². The van der Waals surface area contributed by atoms with Crippen molar-refractivity contribution >= 4 is 17.7 Å². The average Bonchev–Trinajstić information content (AvgIpc) is 3.00. The Morgan fingerprint density at radius 3 is 2.38 bits per heavy atom. The van der Waals surface area contributed by atoms with E-state index in [1.165, 1.54) is 0 Å². The molecule has 0 aliphatic heterocycles. The Labute approximate surface area is 153 Å². The fourth-order valence-electron chi connectivity index (χ4n) is 2.89. The first-order valence-electron chi connectivity index (χ1n) is 8.63. The molecule has 1 aliphatic carbocycles. The van der Waals surface area contributed by atoms with Crippen LogP contribution in [-0.4, -0.2) is 0 Å². The molecule has 0 saturated heterocycles. The third-order valence-corrected chi connectivity index (χ3v) is 4.17. The molecule has 2 aromatic carbocycles. The molecule has 1 heteroatoms. The molecule has 1 aromatic heterocycles. The van der Waals surface area contributed by atoms with Crippen LogP contribution in [0.3, 0.4) is 0 Å². The van der Waals surface area contributed by atoms with Crippen molar-refractivity contribution < 1.29 is 4.42 Å². The zero-order valence-electron chi connectivity index (χ0n) is 14.3. The summed E-state index contributed by atoms with van der Waals surface area (Å²) >= 11 is 0. The molecule has 0 spiro atoms. The molecule has 1 aliphatic rings. The second kappa shape index (κ2) is 7.57. The lowest BCUT2D eigenvalue weighted by atomic mass is 9.98. The second-order valence-corrected chi connectivity index (χ2v) is 5.96. The number of hydrogen-bond acceptors (Lipinski definition) is 1. The quantitative estimate of drug-likeness (QED) is 0.479. The van der Waals surface area contributed by atoms with Gasteiger partial charge in [-0.05, 0) is 35.9 Å². The Morgan fingerprint density at radius 2 is 1.50 bits per heavy atom. The first kappa shape index (κ1) is 16.0. The molecule has 1 nitrogen and oxygen atoms in total. The van der Waals surface area contributed by atoms with Crippen LogP contribution in [0.15, 0.2) is 107 Å². The molecule has 1 heterocycles. The van der Waals surface area contributed by atoms with Crippen molar-refractivity contribution in [1.82, 2.24) is 0 Å². The van der Waals surface area contributed by atoms with E-state index in [-0.39, 0.29) is 0 Å². The van der Waals surface area contributed by atoms with Crippen LogP contribution in [0, 0.1) is 0 Å². The Kier molecular flexibility index (Phi) is 4.64. The molecule has 4 rings (SSSR count). The van der Waals surface area contributed by atoms with Crippen molar-refractivity contribution in [3.63, 3.8) is 0 Å². The van der Waals surface area contributed by atoms with Gasteiger partial charge in [0.1, 0.15) is 11.5 Å². The molecule has 3 aromatic rings. The van der Waals surface area contributed by atoms with Gasteiger partial charge in [-0.3, -0.25) is 0 Å². The Morgan fingerprint density at radius 1 is 0.692 bits per heavy atom. The van der Waals surface area contributed by atoms with E-state index in [0.717, 1.165) is 33.8 Å². The minimum Gasteiger partial charge on any atom is -0.457 e. The van der Waals surface area contributed by atoms with Gasteiger partial charge in [0.05, 0.1) is 0 Å². The zero-order valence-corrected chi connectivity index (χ0v) is 14.3. The van der Waals surface area contributed by atoms with Gasteiger partial charge in [0, 0.05) is 16.7 Å². The molecular weight excluding hydrogens is 316 g/mol. The molecule has 0 atom stereocenters. The maximum absolute atomic E-state index is 6.08.